The molecule has 0 unspecified atom stereocenters. The van der Waals surface area contributed by atoms with E-state index in [9.17, 15) is 14.0 Å². The molecule has 1 heterocycles. The third-order valence-corrected chi connectivity index (χ3v) is 6.83. The van der Waals surface area contributed by atoms with Gasteiger partial charge in [-0.05, 0) is 89.9 Å². The highest BCUT2D eigenvalue weighted by atomic mass is 79.9. The summed E-state index contributed by atoms with van der Waals surface area (Å²) in [6.45, 7) is 0. The summed E-state index contributed by atoms with van der Waals surface area (Å²) in [6, 6.07) is 30.0. The molecule has 4 nitrogen and oxygen atoms in total. The summed E-state index contributed by atoms with van der Waals surface area (Å²) in [5.41, 5.74) is 3.38. The van der Waals surface area contributed by atoms with Crippen LogP contribution in [0.2, 0.25) is 0 Å². The second-order valence-corrected chi connectivity index (χ2v) is 9.72. The van der Waals surface area contributed by atoms with Crippen molar-refractivity contribution in [2.45, 2.75) is 6.42 Å². The lowest BCUT2D eigenvalue weighted by atomic mass is 9.97. The summed E-state index contributed by atoms with van der Waals surface area (Å²) in [4.78, 5) is 30.3. The lowest BCUT2D eigenvalue weighted by Crippen LogP contribution is -2.56. The van der Waals surface area contributed by atoms with Gasteiger partial charge < -0.3 is 0 Å². The molecule has 0 aromatic heterocycles. The Hall–Kier alpha value is -3.94. The average molecular weight is 571 g/mol. The van der Waals surface area contributed by atoms with E-state index in [1.807, 2.05) is 60.7 Å². The SMILES string of the molecule is O=C1C(=Cc2cc(Br)ccc2Cc2cccc(F)c2)C(=O)N(c2ccccc2)C(=S)N1c1ccccc1. The van der Waals surface area contributed by atoms with E-state index in [-0.39, 0.29) is 16.5 Å². The zero-order valence-corrected chi connectivity index (χ0v) is 21.9. The molecule has 0 atom stereocenters. The molecule has 182 valence electrons. The van der Waals surface area contributed by atoms with Gasteiger partial charge in [-0.1, -0.05) is 70.5 Å². The predicted molar refractivity (Wildman–Crippen MR) is 152 cm³/mol. The third-order valence-electron chi connectivity index (χ3n) is 5.97. The molecule has 7 heteroatoms. The number of anilines is 2. The van der Waals surface area contributed by atoms with Crippen molar-refractivity contribution in [3.63, 3.8) is 0 Å². The molecule has 0 aliphatic carbocycles. The van der Waals surface area contributed by atoms with Gasteiger partial charge in [0.2, 0.25) is 0 Å². The number of rotatable bonds is 5. The summed E-state index contributed by atoms with van der Waals surface area (Å²) < 4.78 is 14.6. The second kappa shape index (κ2) is 10.6. The van der Waals surface area contributed by atoms with Gasteiger partial charge in [0.25, 0.3) is 11.8 Å². The van der Waals surface area contributed by atoms with Crippen LogP contribution in [0.3, 0.4) is 0 Å². The second-order valence-electron chi connectivity index (χ2n) is 8.44. The molecule has 1 fully saturated rings. The highest BCUT2D eigenvalue weighted by Crippen LogP contribution is 2.31. The first-order valence-corrected chi connectivity index (χ1v) is 12.7. The number of nitrogens with zero attached hydrogens (tertiary/aromatic N) is 2. The minimum Gasteiger partial charge on any atom is -0.268 e. The maximum Gasteiger partial charge on any atom is 0.270 e. The molecular weight excluding hydrogens is 551 g/mol. The molecule has 2 amide bonds. The molecule has 0 radical (unpaired) electrons. The van der Waals surface area contributed by atoms with Crippen molar-refractivity contribution >= 4 is 62.5 Å². The molecule has 37 heavy (non-hydrogen) atoms. The molecule has 0 spiro atoms. The Balaban J connectivity index is 1.64. The summed E-state index contributed by atoms with van der Waals surface area (Å²) in [7, 11) is 0. The summed E-state index contributed by atoms with van der Waals surface area (Å²) in [5.74, 6) is -1.34. The number of amides is 2. The Morgan fingerprint density at radius 3 is 1.92 bits per heavy atom. The monoisotopic (exact) mass is 570 g/mol. The fourth-order valence-corrected chi connectivity index (χ4v) is 4.98. The van der Waals surface area contributed by atoms with Gasteiger partial charge in [-0.2, -0.15) is 0 Å². The van der Waals surface area contributed by atoms with Crippen molar-refractivity contribution in [3.05, 3.63) is 136 Å². The van der Waals surface area contributed by atoms with Crippen LogP contribution in [0.25, 0.3) is 6.08 Å². The molecule has 4 aromatic rings. The molecule has 1 aliphatic rings. The number of para-hydroxylation sites is 2. The van der Waals surface area contributed by atoms with Gasteiger partial charge in [0.05, 0.1) is 11.4 Å². The average Bonchev–Trinajstić information content (AvgIpc) is 2.89. The van der Waals surface area contributed by atoms with Gasteiger partial charge in [0, 0.05) is 4.47 Å². The Morgan fingerprint density at radius 2 is 1.35 bits per heavy atom. The smallest absolute Gasteiger partial charge is 0.268 e. The molecular formula is C30H20BrFN2O2S. The lowest BCUT2D eigenvalue weighted by Gasteiger charge is -2.36. The summed E-state index contributed by atoms with van der Waals surface area (Å²) in [6.07, 6.45) is 2.02. The van der Waals surface area contributed by atoms with Crippen molar-refractivity contribution in [1.29, 1.82) is 0 Å². The zero-order chi connectivity index (χ0) is 25.9. The quantitative estimate of drug-likeness (QED) is 0.148. The van der Waals surface area contributed by atoms with Crippen LogP contribution in [0.15, 0.2) is 113 Å². The fourth-order valence-electron chi connectivity index (χ4n) is 4.22. The molecule has 1 saturated heterocycles. The van der Waals surface area contributed by atoms with Crippen LogP contribution in [0.4, 0.5) is 15.8 Å². The van der Waals surface area contributed by atoms with E-state index in [1.165, 1.54) is 21.9 Å². The number of hydrogen-bond donors (Lipinski definition) is 0. The molecule has 5 rings (SSSR count). The van der Waals surface area contributed by atoms with Gasteiger partial charge in [-0.15, -0.1) is 0 Å². The predicted octanol–water partition coefficient (Wildman–Crippen LogP) is 6.93. The Morgan fingerprint density at radius 1 is 0.757 bits per heavy atom. The molecule has 0 bridgehead atoms. The van der Waals surface area contributed by atoms with Crippen LogP contribution < -0.4 is 9.80 Å². The minimum atomic E-state index is -0.509. The zero-order valence-electron chi connectivity index (χ0n) is 19.5. The maximum absolute atomic E-state index is 13.8. The van der Waals surface area contributed by atoms with E-state index in [2.05, 4.69) is 15.9 Å². The Bertz CT molecular complexity index is 1480. The van der Waals surface area contributed by atoms with Gasteiger partial charge in [-0.3, -0.25) is 19.4 Å². The van der Waals surface area contributed by atoms with Crippen molar-refractivity contribution in [2.75, 3.05) is 9.80 Å². The van der Waals surface area contributed by atoms with Crippen molar-refractivity contribution in [3.8, 4) is 0 Å². The Labute approximate surface area is 227 Å². The van der Waals surface area contributed by atoms with E-state index < -0.39 is 11.8 Å². The van der Waals surface area contributed by atoms with Crippen LogP contribution in [-0.4, -0.2) is 16.9 Å². The van der Waals surface area contributed by atoms with Crippen LogP contribution >= 0.6 is 28.1 Å². The van der Waals surface area contributed by atoms with Gasteiger partial charge in [0.1, 0.15) is 11.4 Å². The largest absolute Gasteiger partial charge is 0.270 e. The first kappa shape index (κ1) is 24.7. The number of thiocarbonyl (C=S) groups is 1. The number of carbonyl (C=O) groups excluding carboxylic acids is 2. The topological polar surface area (TPSA) is 40.6 Å². The number of halogens is 2. The summed E-state index contributed by atoms with van der Waals surface area (Å²) in [5, 5.41) is 0.0822. The fraction of sp³-hybridized carbons (Fsp3) is 0.0333. The van der Waals surface area contributed by atoms with Crippen LogP contribution in [0, 0.1) is 5.82 Å². The molecule has 0 N–H and O–H groups in total. The van der Waals surface area contributed by atoms with Crippen molar-refractivity contribution in [1.82, 2.24) is 0 Å². The normalized spacial score (nSPS) is 13.8. The van der Waals surface area contributed by atoms with E-state index in [0.29, 0.717) is 23.4 Å². The van der Waals surface area contributed by atoms with Crippen molar-refractivity contribution in [2.24, 2.45) is 0 Å². The Kier molecular flexibility index (Phi) is 7.08. The molecule has 1 aliphatic heterocycles. The minimum absolute atomic E-state index is 0.0279. The van der Waals surface area contributed by atoms with Crippen LogP contribution in [0.5, 0.6) is 0 Å². The standard InChI is InChI=1S/C30H20BrFN2O2S/c31-23-15-14-21(16-20-8-7-9-24(32)17-20)22(18-23)19-27-28(35)33(25-10-3-1-4-11-25)30(37)34(29(27)36)26-12-5-2-6-13-26/h1-15,17-19H,16H2. The van der Waals surface area contributed by atoms with Gasteiger partial charge in [-0.25, -0.2) is 4.39 Å². The van der Waals surface area contributed by atoms with Crippen LogP contribution in [0.1, 0.15) is 16.7 Å². The molecule has 4 aromatic carbocycles. The number of hydrogen-bond acceptors (Lipinski definition) is 3. The number of carbonyl (C=O) groups is 2. The summed E-state index contributed by atoms with van der Waals surface area (Å²) >= 11 is 9.16. The first-order valence-electron chi connectivity index (χ1n) is 11.5. The van der Waals surface area contributed by atoms with E-state index in [1.54, 1.807) is 36.4 Å². The van der Waals surface area contributed by atoms with E-state index in [4.69, 9.17) is 12.2 Å². The molecule has 0 saturated carbocycles. The van der Waals surface area contributed by atoms with E-state index >= 15 is 0 Å². The van der Waals surface area contributed by atoms with E-state index in [0.717, 1.165) is 15.6 Å². The van der Waals surface area contributed by atoms with Gasteiger partial charge >= 0.3 is 0 Å². The van der Waals surface area contributed by atoms with Crippen molar-refractivity contribution < 1.29 is 14.0 Å². The van der Waals surface area contributed by atoms with Crippen LogP contribution in [-0.2, 0) is 16.0 Å². The highest BCUT2D eigenvalue weighted by Gasteiger charge is 2.41. The third kappa shape index (κ3) is 5.14. The first-order chi connectivity index (χ1) is 17.9. The number of benzene rings is 4. The lowest BCUT2D eigenvalue weighted by molar-refractivity contribution is -0.120. The highest BCUT2D eigenvalue weighted by molar-refractivity contribution is 9.10. The maximum atomic E-state index is 13.8. The van der Waals surface area contributed by atoms with Gasteiger partial charge in [0.15, 0.2) is 5.11 Å².